The molecular formula is C38H22S2. The Labute approximate surface area is 239 Å². The van der Waals surface area contributed by atoms with Gasteiger partial charge in [-0.2, -0.15) is 0 Å². The molecule has 0 spiro atoms. The normalized spacial score (nSPS) is 12.0. The maximum atomic E-state index is 2.47. The molecule has 186 valence electrons. The van der Waals surface area contributed by atoms with Crippen LogP contribution in [0, 0.1) is 0 Å². The number of hydrogen-bond donors (Lipinski definition) is 0. The van der Waals surface area contributed by atoms with E-state index in [1.54, 1.807) is 0 Å². The summed E-state index contributed by atoms with van der Waals surface area (Å²) in [6.45, 7) is 0. The highest BCUT2D eigenvalue weighted by Crippen LogP contribution is 2.49. The van der Waals surface area contributed by atoms with E-state index in [1.165, 1.54) is 84.8 Å². The average molecular weight is 543 g/mol. The van der Waals surface area contributed by atoms with E-state index in [2.05, 4.69) is 133 Å². The van der Waals surface area contributed by atoms with Gasteiger partial charge in [0, 0.05) is 20.9 Å². The Morgan fingerprint density at radius 1 is 0.400 bits per heavy atom. The molecule has 7 aromatic carbocycles. The summed E-state index contributed by atoms with van der Waals surface area (Å²) < 4.78 is 4.14. The lowest BCUT2D eigenvalue weighted by Crippen LogP contribution is -1.91. The monoisotopic (exact) mass is 542 g/mol. The van der Waals surface area contributed by atoms with Crippen molar-refractivity contribution in [2.24, 2.45) is 0 Å². The van der Waals surface area contributed by atoms with Gasteiger partial charge >= 0.3 is 0 Å². The third kappa shape index (κ3) is 3.12. The lowest BCUT2D eigenvalue weighted by molar-refractivity contribution is 1.69. The fraction of sp³-hybridized carbons (Fsp3) is 0. The van der Waals surface area contributed by atoms with Gasteiger partial charge in [-0.25, -0.2) is 0 Å². The van der Waals surface area contributed by atoms with Crippen LogP contribution in [0.25, 0.3) is 84.8 Å². The van der Waals surface area contributed by atoms with Crippen molar-refractivity contribution >= 4 is 85.2 Å². The van der Waals surface area contributed by atoms with Gasteiger partial charge in [-0.05, 0) is 84.2 Å². The van der Waals surface area contributed by atoms with Crippen LogP contribution >= 0.6 is 22.7 Å². The molecule has 0 amide bonds. The van der Waals surface area contributed by atoms with Crippen molar-refractivity contribution in [3.63, 3.8) is 0 Å². The largest absolute Gasteiger partial charge is 0.142 e. The second kappa shape index (κ2) is 8.50. The summed E-state index contributed by atoms with van der Waals surface area (Å²) in [6, 6.07) is 47.1. The molecule has 0 atom stereocenters. The smallest absolute Gasteiger partial charge is 0.0534 e. The minimum absolute atomic E-state index is 1.26. The molecule has 0 aliphatic heterocycles. The van der Waals surface area contributed by atoms with Crippen LogP contribution in [0.1, 0.15) is 0 Å². The zero-order valence-electron chi connectivity index (χ0n) is 21.5. The fourth-order valence-corrected chi connectivity index (χ4v) is 8.85. The van der Waals surface area contributed by atoms with E-state index >= 15 is 0 Å². The summed E-state index contributed by atoms with van der Waals surface area (Å²) in [6.07, 6.45) is 0. The van der Waals surface area contributed by atoms with E-state index in [-0.39, 0.29) is 0 Å². The predicted octanol–water partition coefficient (Wildman–Crippen LogP) is 12.1. The molecule has 0 N–H and O–H groups in total. The van der Waals surface area contributed by atoms with Crippen LogP contribution in [-0.2, 0) is 0 Å². The lowest BCUT2D eigenvalue weighted by atomic mass is 9.84. The molecule has 0 aliphatic rings. The molecular weight excluding hydrogens is 521 g/mol. The molecule has 0 saturated carbocycles. The summed E-state index contributed by atoms with van der Waals surface area (Å²) in [5.74, 6) is 0. The zero-order valence-corrected chi connectivity index (χ0v) is 23.2. The number of fused-ring (bicyclic) bond motifs is 8. The van der Waals surface area contributed by atoms with Gasteiger partial charge in [0.05, 0.1) is 9.40 Å². The second-order valence-corrected chi connectivity index (χ2v) is 12.4. The van der Waals surface area contributed by atoms with Crippen molar-refractivity contribution in [1.82, 2.24) is 0 Å². The highest BCUT2D eigenvalue weighted by atomic mass is 32.1. The zero-order chi connectivity index (χ0) is 26.2. The van der Waals surface area contributed by atoms with Crippen LogP contribution in [0.5, 0.6) is 0 Å². The van der Waals surface area contributed by atoms with Crippen molar-refractivity contribution in [3.05, 3.63) is 133 Å². The Kier molecular flexibility index (Phi) is 4.74. The first kappa shape index (κ1) is 22.3. The van der Waals surface area contributed by atoms with Gasteiger partial charge in [0.25, 0.3) is 0 Å². The highest BCUT2D eigenvalue weighted by Gasteiger charge is 2.20. The van der Waals surface area contributed by atoms with E-state index in [1.807, 2.05) is 22.7 Å². The van der Waals surface area contributed by atoms with E-state index in [0.29, 0.717) is 0 Å². The summed E-state index contributed by atoms with van der Waals surface area (Å²) in [5.41, 5.74) is 5.23. The molecule has 2 heteroatoms. The van der Waals surface area contributed by atoms with Crippen LogP contribution in [-0.4, -0.2) is 0 Å². The molecule has 9 aromatic rings. The maximum Gasteiger partial charge on any atom is 0.0534 e. The molecule has 0 nitrogen and oxygen atoms in total. The van der Waals surface area contributed by atoms with Crippen LogP contribution < -0.4 is 0 Å². The molecule has 2 aromatic heterocycles. The Hall–Kier alpha value is -4.50. The number of rotatable bonds is 2. The lowest BCUT2D eigenvalue weighted by Gasteiger charge is -2.19. The highest BCUT2D eigenvalue weighted by molar-refractivity contribution is 7.30. The molecule has 40 heavy (non-hydrogen) atoms. The Bertz CT molecular complexity index is 2380. The summed E-state index contributed by atoms with van der Waals surface area (Å²) in [5, 5.41) is 14.0. The van der Waals surface area contributed by atoms with Gasteiger partial charge in [-0.15, -0.1) is 22.7 Å². The third-order valence-corrected chi connectivity index (χ3v) is 10.6. The molecule has 0 radical (unpaired) electrons. The Balaban J connectivity index is 1.45. The summed E-state index contributed by atoms with van der Waals surface area (Å²) >= 11 is 3.78. The first-order valence-electron chi connectivity index (χ1n) is 13.6. The summed E-state index contributed by atoms with van der Waals surface area (Å²) in [4.78, 5) is 0. The van der Waals surface area contributed by atoms with Crippen LogP contribution in [0.15, 0.2) is 133 Å². The molecule has 0 fully saturated rings. The molecule has 2 heterocycles. The van der Waals surface area contributed by atoms with Crippen molar-refractivity contribution in [1.29, 1.82) is 0 Å². The topological polar surface area (TPSA) is 0 Å². The van der Waals surface area contributed by atoms with Crippen molar-refractivity contribution in [3.8, 4) is 22.3 Å². The number of thiophene rings is 2. The van der Waals surface area contributed by atoms with Gasteiger partial charge in [0.1, 0.15) is 0 Å². The molecule has 0 unspecified atom stereocenters. The average Bonchev–Trinajstić information content (AvgIpc) is 3.65. The molecule has 9 rings (SSSR count). The van der Waals surface area contributed by atoms with Gasteiger partial charge in [-0.3, -0.25) is 0 Å². The van der Waals surface area contributed by atoms with E-state index in [9.17, 15) is 0 Å². The summed E-state index contributed by atoms with van der Waals surface area (Å²) in [7, 11) is 0. The molecule has 0 bridgehead atoms. The first-order valence-corrected chi connectivity index (χ1v) is 15.3. The minimum atomic E-state index is 1.26. The van der Waals surface area contributed by atoms with Crippen LogP contribution in [0.4, 0.5) is 0 Å². The van der Waals surface area contributed by atoms with Crippen LogP contribution in [0.2, 0.25) is 0 Å². The van der Waals surface area contributed by atoms with Gasteiger partial charge < -0.3 is 0 Å². The van der Waals surface area contributed by atoms with Gasteiger partial charge in [-0.1, -0.05) is 103 Å². The van der Waals surface area contributed by atoms with E-state index in [0.717, 1.165) is 0 Å². The van der Waals surface area contributed by atoms with E-state index in [4.69, 9.17) is 0 Å². The fourth-order valence-electron chi connectivity index (χ4n) is 6.58. The number of hydrogen-bond acceptors (Lipinski definition) is 2. The standard InChI is InChI=1S/C38H22S2/c1-2-10-24-21-25(18-17-23(24)9-1)35-27-12-3-5-14-29(27)36(30-15-6-4-13-28(30)35)32-22-33-26-11-7-8-16-34(26)40-38(33)37-31(32)19-20-39-37/h1-22H. The van der Waals surface area contributed by atoms with Gasteiger partial charge in [0.15, 0.2) is 0 Å². The van der Waals surface area contributed by atoms with Crippen molar-refractivity contribution in [2.45, 2.75) is 0 Å². The Morgan fingerprint density at radius 2 is 1.02 bits per heavy atom. The molecule has 0 aliphatic carbocycles. The second-order valence-electron chi connectivity index (χ2n) is 10.5. The third-order valence-electron chi connectivity index (χ3n) is 8.32. The first-order chi connectivity index (χ1) is 19.8. The molecule has 0 saturated heterocycles. The number of benzene rings is 7. The van der Waals surface area contributed by atoms with Crippen molar-refractivity contribution < 1.29 is 0 Å². The Morgan fingerprint density at radius 3 is 1.77 bits per heavy atom. The van der Waals surface area contributed by atoms with E-state index < -0.39 is 0 Å². The van der Waals surface area contributed by atoms with Crippen molar-refractivity contribution in [2.75, 3.05) is 0 Å². The van der Waals surface area contributed by atoms with Gasteiger partial charge in [0.2, 0.25) is 0 Å². The van der Waals surface area contributed by atoms with Crippen LogP contribution in [0.3, 0.4) is 0 Å². The maximum absolute atomic E-state index is 2.47. The SMILES string of the molecule is c1ccc2cc(-c3c4ccccc4c(-c4cc5c6ccccc6sc5c5sccc45)c4ccccc34)ccc2c1. The quantitative estimate of drug-likeness (QED) is 0.191. The predicted molar refractivity (Wildman–Crippen MR) is 178 cm³/mol. The minimum Gasteiger partial charge on any atom is -0.142 e.